The van der Waals surface area contributed by atoms with Gasteiger partial charge in [-0.05, 0) is 145 Å². The second-order valence-corrected chi connectivity index (χ2v) is 25.7. The summed E-state index contributed by atoms with van der Waals surface area (Å²) < 4.78 is 123. The molecule has 16 nitrogen and oxygen atoms in total. The quantitative estimate of drug-likeness (QED) is 0.102. The monoisotopic (exact) mass is 1210 g/mol. The molecule has 4 fully saturated rings. The van der Waals surface area contributed by atoms with Crippen molar-refractivity contribution >= 4 is 85.6 Å². The normalized spacial score (nSPS) is 20.6. The Morgan fingerprint density at radius 2 is 1.11 bits per heavy atom. The Kier molecular flexibility index (Phi) is 18.9. The van der Waals surface area contributed by atoms with Gasteiger partial charge in [-0.25, -0.2) is 13.8 Å². The third kappa shape index (κ3) is 14.0. The van der Waals surface area contributed by atoms with Crippen LogP contribution in [0.15, 0.2) is 95.5 Å². The van der Waals surface area contributed by atoms with Crippen molar-refractivity contribution in [3.8, 4) is 12.1 Å². The first-order chi connectivity index (χ1) is 37.4. The summed E-state index contributed by atoms with van der Waals surface area (Å²) in [7, 11) is 0. The molecule has 428 valence electrons. The molecule has 5 aromatic rings. The molecule has 2 spiro atoms. The maximum Gasteiger partial charge on any atom is 0.416 e. The summed E-state index contributed by atoms with van der Waals surface area (Å²) in [5.41, 5.74) is -4.08. The molecule has 0 radical (unpaired) electrons. The molecule has 1 N–H and O–H groups in total. The van der Waals surface area contributed by atoms with Crippen LogP contribution in [0, 0.1) is 47.1 Å². The van der Waals surface area contributed by atoms with Gasteiger partial charge in [-0.2, -0.15) is 36.9 Å². The molecule has 2 aliphatic heterocycles. The van der Waals surface area contributed by atoms with Gasteiger partial charge in [0.05, 0.1) is 58.5 Å². The molecule has 0 unspecified atom stereocenters. The number of hydrogen-bond acceptors (Lipinski definition) is 11. The zero-order valence-corrected chi connectivity index (χ0v) is 44.8. The van der Waals surface area contributed by atoms with Gasteiger partial charge in [-0.15, -0.1) is 0 Å². The lowest BCUT2D eigenvalue weighted by atomic mass is 9.64. The molecule has 1 aromatic heterocycles. The molecule has 2 saturated carbocycles. The second kappa shape index (κ2) is 24.4. The number of oxazole rings is 1. The minimum atomic E-state index is -4.54. The summed E-state index contributed by atoms with van der Waals surface area (Å²) in [4.78, 5) is 86.9. The van der Waals surface area contributed by atoms with Gasteiger partial charge in [0.15, 0.2) is 5.89 Å². The van der Waals surface area contributed by atoms with E-state index in [2.05, 4.69) is 44.0 Å². The predicted molar refractivity (Wildman–Crippen MR) is 278 cm³/mol. The number of carbonyl (C=O) groups is 6. The number of anilines is 2. The van der Waals surface area contributed by atoms with Gasteiger partial charge in [-0.1, -0.05) is 31.7 Å². The number of rotatable bonds is 10. The first kappa shape index (κ1) is 62.8. The Morgan fingerprint density at radius 1 is 0.716 bits per heavy atom. The molecule has 3 heterocycles. The number of hydrogen-bond donors (Lipinski definition) is 1. The van der Waals surface area contributed by atoms with Crippen LogP contribution in [-0.4, -0.2) is 80.8 Å². The second-order valence-electron chi connectivity index (χ2n) is 19.1. The lowest BCUT2D eigenvalue weighted by Crippen LogP contribution is -2.73. The van der Waals surface area contributed by atoms with Crippen molar-refractivity contribution in [2.75, 3.05) is 29.4 Å². The summed E-state index contributed by atoms with van der Waals surface area (Å²) in [5, 5.41) is 17.3. The summed E-state index contributed by atoms with van der Waals surface area (Å²) in [5.74, 6) is -4.67. The molecule has 9 rings (SSSR count). The maximum atomic E-state index is 14.8. The van der Waals surface area contributed by atoms with Gasteiger partial charge >= 0.3 is 17.6 Å². The number of nitrogens with one attached hydrogen (secondary N) is 1. The van der Waals surface area contributed by atoms with Crippen LogP contribution in [0.3, 0.4) is 0 Å². The predicted octanol–water partition coefficient (Wildman–Crippen LogP) is 11.1. The molecular formula is C53H46Cl3F8N8O8P. The Morgan fingerprint density at radius 3 is 1.44 bits per heavy atom. The van der Waals surface area contributed by atoms with Crippen LogP contribution in [0.2, 0.25) is 0 Å². The van der Waals surface area contributed by atoms with Crippen LogP contribution >= 0.6 is 38.9 Å². The van der Waals surface area contributed by atoms with Crippen molar-refractivity contribution in [3.63, 3.8) is 0 Å². The highest BCUT2D eigenvalue weighted by Crippen LogP contribution is 2.61. The van der Waals surface area contributed by atoms with Crippen molar-refractivity contribution < 1.29 is 72.9 Å². The fraction of sp³-hybridized carbons (Fsp3) is 0.340. The van der Waals surface area contributed by atoms with Crippen molar-refractivity contribution in [1.29, 1.82) is 10.5 Å². The van der Waals surface area contributed by atoms with E-state index in [1.54, 1.807) is 19.2 Å². The number of aromatic nitrogens is 1. The largest absolute Gasteiger partial charge is 0.446 e. The van der Waals surface area contributed by atoms with Crippen LogP contribution in [0.1, 0.15) is 91.0 Å². The topological polar surface area (TPSA) is 218 Å². The van der Waals surface area contributed by atoms with E-state index in [0.717, 1.165) is 46.2 Å². The number of carbonyl (C=O) groups excluding carboxylic acids is 6. The van der Waals surface area contributed by atoms with Gasteiger partial charge in [0, 0.05) is 24.9 Å². The highest BCUT2D eigenvalue weighted by molar-refractivity contribution is 8.24. The molecule has 4 aliphatic rings. The fourth-order valence-corrected chi connectivity index (χ4v) is 9.80. The van der Waals surface area contributed by atoms with E-state index >= 15 is 0 Å². The van der Waals surface area contributed by atoms with Crippen LogP contribution < -0.4 is 15.1 Å². The van der Waals surface area contributed by atoms with E-state index in [9.17, 15) is 68.5 Å². The summed E-state index contributed by atoms with van der Waals surface area (Å²) in [6.45, 7) is 1.54. The number of nitriles is 2. The highest BCUT2D eigenvalue weighted by atomic mass is 36.0. The zero-order chi connectivity index (χ0) is 58.9. The first-order valence-corrected chi connectivity index (χ1v) is 28.1. The van der Waals surface area contributed by atoms with E-state index < -0.39 is 99.9 Å². The van der Waals surface area contributed by atoms with Crippen LogP contribution in [0.4, 0.5) is 46.5 Å². The average Bonchev–Trinajstić information content (AvgIpc) is 3.80. The Balaban J connectivity index is 0.000000238. The SMILES string of the molecule is C.CC(=O)CNC(=O)C1CC2(C1)C(=O)N(c1ccc(C#N)cc1F)CC(=O)N2Cc1ccc(C(F)(F)F)cc1.Cc1cnc(C2CC3(C2)C(=O)N(c2ccc(C#N)cc2F)CC(=O)N3Cc2ccc(C(F)(F)F)cc2)o1.O=P(Cl)(Cl)Cl. The number of piperazine rings is 2. The molecule has 2 saturated heterocycles. The lowest BCUT2D eigenvalue weighted by Gasteiger charge is -2.56. The minimum Gasteiger partial charge on any atom is -0.446 e. The van der Waals surface area contributed by atoms with Crippen molar-refractivity contribution in [2.45, 2.75) is 89.4 Å². The third-order valence-electron chi connectivity index (χ3n) is 13.7. The van der Waals surface area contributed by atoms with E-state index in [1.807, 2.05) is 6.07 Å². The Hall–Kier alpha value is -7.37. The van der Waals surface area contributed by atoms with Crippen LogP contribution in [0.25, 0.3) is 0 Å². The number of ketones is 1. The van der Waals surface area contributed by atoms with Gasteiger partial charge in [0.25, 0.3) is 11.8 Å². The first-order valence-electron chi connectivity index (χ1n) is 23.7. The van der Waals surface area contributed by atoms with Gasteiger partial charge in [0.2, 0.25) is 17.7 Å². The van der Waals surface area contributed by atoms with Gasteiger partial charge < -0.3 is 19.5 Å². The van der Waals surface area contributed by atoms with Crippen LogP contribution in [-0.2, 0) is 58.8 Å². The summed E-state index contributed by atoms with van der Waals surface area (Å²) >= 11 is 13.8. The van der Waals surface area contributed by atoms with E-state index in [1.165, 1.54) is 65.3 Å². The maximum absolute atomic E-state index is 14.8. The van der Waals surface area contributed by atoms with Gasteiger partial charge in [0.1, 0.15) is 47.3 Å². The highest BCUT2D eigenvalue weighted by Gasteiger charge is 2.63. The number of benzene rings is 4. The minimum absolute atomic E-state index is 0. The molecule has 81 heavy (non-hydrogen) atoms. The molecule has 28 heteroatoms. The molecule has 2 aliphatic carbocycles. The fourth-order valence-electron chi connectivity index (χ4n) is 9.80. The van der Waals surface area contributed by atoms with E-state index in [0.29, 0.717) is 22.8 Å². The molecule has 0 bridgehead atoms. The Bertz CT molecular complexity index is 3380. The van der Waals surface area contributed by atoms with Crippen LogP contribution in [0.5, 0.6) is 0 Å². The molecule has 5 amide bonds. The van der Waals surface area contributed by atoms with Gasteiger partial charge in [-0.3, -0.25) is 43.1 Å². The molecular weight excluding hydrogens is 1170 g/mol. The number of Topliss-reactive ketones (excluding diaryl/α,β-unsaturated/α-hetero) is 1. The number of aryl methyl sites for hydroxylation is 1. The summed E-state index contributed by atoms with van der Waals surface area (Å²) in [6, 6.07) is 19.2. The lowest BCUT2D eigenvalue weighted by molar-refractivity contribution is -0.165. The average molecular weight is 1210 g/mol. The van der Waals surface area contributed by atoms with Crippen molar-refractivity contribution in [3.05, 3.63) is 148 Å². The van der Waals surface area contributed by atoms with Crippen molar-refractivity contribution in [2.24, 2.45) is 5.92 Å². The summed E-state index contributed by atoms with van der Waals surface area (Å²) in [6.07, 6.45) is -7.41. The number of halogens is 11. The van der Waals surface area contributed by atoms with E-state index in [4.69, 9.17) is 14.9 Å². The zero-order valence-electron chi connectivity index (χ0n) is 41.7. The number of nitrogens with zero attached hydrogens (tertiary/aromatic N) is 7. The standard InChI is InChI=1S/C26H22F4N4O4.C26H20F4N4O3.CH4.Cl3OP/c1-15(35)12-32-23(37)18-9-25(10-18)24(38)33(21-7-4-17(11-31)8-20(21)27)14-22(36)34(25)13-16-2-5-19(6-3-16)26(28,29)30;1-15-12-32-23(37-15)18-9-25(10-18)24(36)33(21-7-4-17(11-31)8-20(21)27)14-22(35)34(25)13-16-2-5-19(6-3-16)26(28,29)30;;1-5(2,3)4/h2-8,18H,9-10,12-14H2,1H3,(H,32,37);2-8,12,18H,9-10,13-14H2,1H3;1H4;. The number of amides is 5. The Labute approximate surface area is 471 Å². The van der Waals surface area contributed by atoms with E-state index in [-0.39, 0.29) is 86.9 Å². The van der Waals surface area contributed by atoms with Crippen molar-refractivity contribution in [1.82, 2.24) is 20.1 Å². The third-order valence-corrected chi connectivity index (χ3v) is 13.7. The molecule has 0 atom stereocenters. The molecule has 4 aromatic carbocycles. The number of alkyl halides is 6. The smallest absolute Gasteiger partial charge is 0.416 e.